The van der Waals surface area contributed by atoms with Crippen LogP contribution in [0.2, 0.25) is 0 Å². The normalized spacial score (nSPS) is 15.4. The number of carbonyl (C=O) groups is 1. The minimum Gasteiger partial charge on any atom is -0.342 e. The second-order valence-corrected chi connectivity index (χ2v) is 6.45. The van der Waals surface area contributed by atoms with Crippen LogP contribution in [0.4, 0.5) is 19.3 Å². The van der Waals surface area contributed by atoms with Crippen LogP contribution in [0.3, 0.4) is 0 Å². The van der Waals surface area contributed by atoms with E-state index < -0.39 is 11.6 Å². The van der Waals surface area contributed by atoms with Crippen LogP contribution in [0.25, 0.3) is 11.0 Å². The highest BCUT2D eigenvalue weighted by atomic mass is 19.1. The molecule has 5 nitrogen and oxygen atoms in total. The van der Waals surface area contributed by atoms with Crippen LogP contribution in [-0.4, -0.2) is 34.0 Å². The molecule has 0 unspecified atom stereocenters. The number of nitrogens with one attached hydrogen (secondary N) is 2. The summed E-state index contributed by atoms with van der Waals surface area (Å²) in [6.07, 6.45) is 1.55. The Morgan fingerprint density at radius 2 is 1.92 bits per heavy atom. The lowest BCUT2D eigenvalue weighted by Gasteiger charge is -2.31. The molecule has 2 aromatic carbocycles. The molecule has 2 heterocycles. The summed E-state index contributed by atoms with van der Waals surface area (Å²) >= 11 is 0. The number of benzene rings is 2. The minimum absolute atomic E-state index is 0.0178. The number of anilines is 1. The molecule has 3 aromatic rings. The van der Waals surface area contributed by atoms with E-state index in [2.05, 4.69) is 15.3 Å². The van der Waals surface area contributed by atoms with E-state index in [9.17, 15) is 13.6 Å². The maximum Gasteiger partial charge on any atom is 0.321 e. The highest BCUT2D eigenvalue weighted by Crippen LogP contribution is 2.28. The topological polar surface area (TPSA) is 61.0 Å². The van der Waals surface area contributed by atoms with Gasteiger partial charge in [0.05, 0.1) is 16.7 Å². The van der Waals surface area contributed by atoms with Gasteiger partial charge in [-0.25, -0.2) is 18.6 Å². The molecule has 0 spiro atoms. The number of aromatic amines is 1. The first-order chi connectivity index (χ1) is 12.6. The van der Waals surface area contributed by atoms with Crippen molar-refractivity contribution in [3.8, 4) is 0 Å². The lowest BCUT2D eigenvalue weighted by Crippen LogP contribution is -2.40. The number of halogens is 2. The largest absolute Gasteiger partial charge is 0.342 e. The average Bonchev–Trinajstić information content (AvgIpc) is 3.08. The van der Waals surface area contributed by atoms with Gasteiger partial charge in [0, 0.05) is 25.1 Å². The standard InChI is InChI=1S/C19H18F2N4O/c20-13-5-6-15(14(21)11-13)24-19(26)25-9-7-12(8-10-25)18-22-16-3-1-2-4-17(16)23-18/h1-6,11-12H,7-10H2,(H,22,23)(H,24,26). The van der Waals surface area contributed by atoms with Gasteiger partial charge < -0.3 is 15.2 Å². The molecule has 0 atom stereocenters. The van der Waals surface area contributed by atoms with Crippen molar-refractivity contribution >= 4 is 22.8 Å². The van der Waals surface area contributed by atoms with Crippen molar-refractivity contribution in [2.24, 2.45) is 0 Å². The summed E-state index contributed by atoms with van der Waals surface area (Å²) in [5.74, 6) is -0.257. The number of carbonyl (C=O) groups excluding carboxylic acids is 1. The SMILES string of the molecule is O=C(Nc1ccc(F)cc1F)N1CCC(c2nc3ccccc3[nH]2)CC1. The number of rotatable bonds is 2. The van der Waals surface area contributed by atoms with Crippen LogP contribution in [0.5, 0.6) is 0 Å². The van der Waals surface area contributed by atoms with Gasteiger partial charge in [0.25, 0.3) is 0 Å². The molecule has 1 aromatic heterocycles. The monoisotopic (exact) mass is 356 g/mol. The summed E-state index contributed by atoms with van der Waals surface area (Å²) in [7, 11) is 0. The molecule has 0 aliphatic carbocycles. The number of amides is 2. The third kappa shape index (κ3) is 3.24. The third-order valence-electron chi connectivity index (χ3n) is 4.75. The smallest absolute Gasteiger partial charge is 0.321 e. The van der Waals surface area contributed by atoms with Crippen molar-refractivity contribution in [1.29, 1.82) is 0 Å². The fourth-order valence-corrected chi connectivity index (χ4v) is 3.31. The summed E-state index contributed by atoms with van der Waals surface area (Å²) in [4.78, 5) is 21.9. The zero-order chi connectivity index (χ0) is 18.1. The van der Waals surface area contributed by atoms with E-state index in [0.717, 1.165) is 41.8 Å². The first-order valence-corrected chi connectivity index (χ1v) is 8.56. The molecular weight excluding hydrogens is 338 g/mol. The molecule has 2 amide bonds. The number of para-hydroxylation sites is 2. The number of urea groups is 1. The van der Waals surface area contributed by atoms with E-state index in [0.29, 0.717) is 13.1 Å². The fourth-order valence-electron chi connectivity index (χ4n) is 3.31. The Balaban J connectivity index is 1.39. The minimum atomic E-state index is -0.782. The number of nitrogens with zero attached hydrogens (tertiary/aromatic N) is 2. The van der Waals surface area contributed by atoms with E-state index in [1.807, 2.05) is 24.3 Å². The van der Waals surface area contributed by atoms with Crippen molar-refractivity contribution in [2.75, 3.05) is 18.4 Å². The lowest BCUT2D eigenvalue weighted by atomic mass is 9.96. The van der Waals surface area contributed by atoms with E-state index in [1.54, 1.807) is 4.90 Å². The molecule has 26 heavy (non-hydrogen) atoms. The van der Waals surface area contributed by atoms with E-state index >= 15 is 0 Å². The number of aromatic nitrogens is 2. The Kier molecular flexibility index (Phi) is 4.28. The first-order valence-electron chi connectivity index (χ1n) is 8.56. The molecular formula is C19H18F2N4O. The van der Waals surface area contributed by atoms with Gasteiger partial charge in [-0.1, -0.05) is 12.1 Å². The fraction of sp³-hybridized carbons (Fsp3) is 0.263. The molecule has 4 rings (SSSR count). The number of H-pyrrole nitrogens is 1. The van der Waals surface area contributed by atoms with Gasteiger partial charge in [-0.05, 0) is 37.1 Å². The van der Waals surface area contributed by atoms with Gasteiger partial charge >= 0.3 is 6.03 Å². The summed E-state index contributed by atoms with van der Waals surface area (Å²) in [5, 5.41) is 2.51. The van der Waals surface area contributed by atoms with E-state index in [1.165, 1.54) is 6.07 Å². The van der Waals surface area contributed by atoms with E-state index in [-0.39, 0.29) is 17.6 Å². The van der Waals surface area contributed by atoms with Gasteiger partial charge in [0.15, 0.2) is 0 Å². The second kappa shape index (κ2) is 6.74. The van der Waals surface area contributed by atoms with Gasteiger partial charge in [0.1, 0.15) is 17.5 Å². The molecule has 1 aliphatic heterocycles. The van der Waals surface area contributed by atoms with Crippen LogP contribution in [0.15, 0.2) is 42.5 Å². The maximum absolute atomic E-state index is 13.7. The number of fused-ring (bicyclic) bond motifs is 1. The number of hydrogen-bond acceptors (Lipinski definition) is 2. The highest BCUT2D eigenvalue weighted by Gasteiger charge is 2.26. The predicted octanol–water partition coefficient (Wildman–Crippen LogP) is 4.25. The number of imidazole rings is 1. The molecule has 0 saturated carbocycles. The van der Waals surface area contributed by atoms with Crippen molar-refractivity contribution in [2.45, 2.75) is 18.8 Å². The lowest BCUT2D eigenvalue weighted by molar-refractivity contribution is 0.193. The van der Waals surface area contributed by atoms with Crippen LogP contribution in [0.1, 0.15) is 24.6 Å². The Bertz CT molecular complexity index is 915. The van der Waals surface area contributed by atoms with Crippen molar-refractivity contribution in [1.82, 2.24) is 14.9 Å². The highest BCUT2D eigenvalue weighted by molar-refractivity contribution is 5.89. The average molecular weight is 356 g/mol. The predicted molar refractivity (Wildman–Crippen MR) is 95.0 cm³/mol. The van der Waals surface area contributed by atoms with Gasteiger partial charge in [-0.3, -0.25) is 0 Å². The second-order valence-electron chi connectivity index (χ2n) is 6.45. The molecule has 1 aliphatic rings. The van der Waals surface area contributed by atoms with Crippen LogP contribution in [-0.2, 0) is 0 Å². The third-order valence-corrected chi connectivity index (χ3v) is 4.75. The maximum atomic E-state index is 13.7. The molecule has 0 radical (unpaired) electrons. The molecule has 7 heteroatoms. The summed E-state index contributed by atoms with van der Waals surface area (Å²) in [6.45, 7) is 1.10. The van der Waals surface area contributed by atoms with Crippen LogP contribution >= 0.6 is 0 Å². The summed E-state index contributed by atoms with van der Waals surface area (Å²) in [5.41, 5.74) is 1.93. The number of piperidine rings is 1. The van der Waals surface area contributed by atoms with Crippen LogP contribution < -0.4 is 5.32 Å². The Morgan fingerprint density at radius 3 is 2.65 bits per heavy atom. The first kappa shape index (κ1) is 16.5. The van der Waals surface area contributed by atoms with Crippen molar-refractivity contribution < 1.29 is 13.6 Å². The Morgan fingerprint density at radius 1 is 1.15 bits per heavy atom. The van der Waals surface area contributed by atoms with Crippen LogP contribution in [0, 0.1) is 11.6 Å². The molecule has 1 saturated heterocycles. The zero-order valence-corrected chi connectivity index (χ0v) is 14.0. The van der Waals surface area contributed by atoms with Gasteiger partial charge in [-0.2, -0.15) is 0 Å². The quantitative estimate of drug-likeness (QED) is 0.721. The zero-order valence-electron chi connectivity index (χ0n) is 14.0. The number of hydrogen-bond donors (Lipinski definition) is 2. The van der Waals surface area contributed by atoms with Gasteiger partial charge in [0.2, 0.25) is 0 Å². The molecule has 2 N–H and O–H groups in total. The Labute approximate surface area is 149 Å². The number of likely N-dealkylation sites (tertiary alicyclic amines) is 1. The van der Waals surface area contributed by atoms with Crippen molar-refractivity contribution in [3.63, 3.8) is 0 Å². The molecule has 1 fully saturated rings. The van der Waals surface area contributed by atoms with Crippen molar-refractivity contribution in [3.05, 3.63) is 59.9 Å². The van der Waals surface area contributed by atoms with Gasteiger partial charge in [-0.15, -0.1) is 0 Å². The summed E-state index contributed by atoms with van der Waals surface area (Å²) in [6, 6.07) is 10.6. The van der Waals surface area contributed by atoms with E-state index in [4.69, 9.17) is 0 Å². The summed E-state index contributed by atoms with van der Waals surface area (Å²) < 4.78 is 26.6. The Hall–Kier alpha value is -2.96. The molecule has 134 valence electrons. The molecule has 0 bridgehead atoms.